The predicted molar refractivity (Wildman–Crippen MR) is 88.5 cm³/mol. The lowest BCUT2D eigenvalue weighted by Crippen LogP contribution is -2.44. The Morgan fingerprint density at radius 3 is 2.68 bits per heavy atom. The Hall–Kier alpha value is -1.16. The lowest BCUT2D eigenvalue weighted by atomic mass is 9.77. The molecule has 0 aromatic heterocycles. The van der Waals surface area contributed by atoms with Crippen molar-refractivity contribution in [2.45, 2.75) is 51.0 Å². The second-order valence-corrected chi connectivity index (χ2v) is 6.49. The molecule has 2 N–H and O–H groups in total. The molecule has 0 spiro atoms. The van der Waals surface area contributed by atoms with Crippen LogP contribution in [0.5, 0.6) is 0 Å². The zero-order valence-electron chi connectivity index (χ0n) is 13.3. The van der Waals surface area contributed by atoms with E-state index in [0.717, 1.165) is 13.0 Å². The summed E-state index contributed by atoms with van der Waals surface area (Å²) < 4.78 is 5.99. The smallest absolute Gasteiger partial charge is 0.0819 e. The SMILES string of the molecule is CCCC[C@H](NCc1ccccc1)[C@H]1[C@@H](CO)[C@@H]2C=C[C@H]1O2. The Labute approximate surface area is 133 Å². The number of unbranched alkanes of at least 4 members (excludes halogenated alkanes) is 1. The molecule has 1 fully saturated rings. The number of fused-ring (bicyclic) bond motifs is 2. The van der Waals surface area contributed by atoms with Crippen LogP contribution in [-0.4, -0.2) is 30.0 Å². The van der Waals surface area contributed by atoms with Gasteiger partial charge in [-0.2, -0.15) is 0 Å². The molecule has 120 valence electrons. The van der Waals surface area contributed by atoms with Gasteiger partial charge in [0.2, 0.25) is 0 Å². The number of rotatable bonds is 8. The molecule has 3 heteroatoms. The molecule has 2 aliphatic heterocycles. The van der Waals surface area contributed by atoms with Gasteiger partial charge in [0, 0.05) is 31.0 Å². The van der Waals surface area contributed by atoms with E-state index in [1.54, 1.807) is 0 Å². The largest absolute Gasteiger partial charge is 0.396 e. The first-order valence-corrected chi connectivity index (χ1v) is 8.55. The number of ether oxygens (including phenoxy) is 1. The Morgan fingerprint density at radius 1 is 1.18 bits per heavy atom. The summed E-state index contributed by atoms with van der Waals surface area (Å²) in [5, 5.41) is 13.5. The molecule has 3 nitrogen and oxygen atoms in total. The summed E-state index contributed by atoms with van der Waals surface area (Å²) in [6.45, 7) is 3.33. The van der Waals surface area contributed by atoms with Gasteiger partial charge in [0.25, 0.3) is 0 Å². The van der Waals surface area contributed by atoms with Crippen molar-refractivity contribution in [2.75, 3.05) is 6.61 Å². The van der Waals surface area contributed by atoms with E-state index in [0.29, 0.717) is 12.0 Å². The molecule has 5 atom stereocenters. The molecule has 22 heavy (non-hydrogen) atoms. The highest BCUT2D eigenvalue weighted by atomic mass is 16.5. The van der Waals surface area contributed by atoms with Crippen LogP contribution in [0, 0.1) is 11.8 Å². The number of hydrogen-bond acceptors (Lipinski definition) is 3. The minimum absolute atomic E-state index is 0.114. The van der Waals surface area contributed by atoms with Crippen molar-refractivity contribution in [1.29, 1.82) is 0 Å². The molecule has 2 bridgehead atoms. The third-order valence-electron chi connectivity index (χ3n) is 5.06. The maximum absolute atomic E-state index is 9.78. The minimum Gasteiger partial charge on any atom is -0.396 e. The van der Waals surface area contributed by atoms with E-state index in [4.69, 9.17) is 4.74 Å². The summed E-state index contributed by atoms with van der Waals surface area (Å²) in [5.41, 5.74) is 1.31. The van der Waals surface area contributed by atoms with Gasteiger partial charge in [-0.15, -0.1) is 0 Å². The van der Waals surface area contributed by atoms with Crippen LogP contribution < -0.4 is 5.32 Å². The third kappa shape index (κ3) is 3.27. The van der Waals surface area contributed by atoms with E-state index >= 15 is 0 Å². The Morgan fingerprint density at radius 2 is 1.95 bits per heavy atom. The lowest BCUT2D eigenvalue weighted by molar-refractivity contribution is 0.0925. The number of hydrogen-bond donors (Lipinski definition) is 2. The fourth-order valence-electron chi connectivity index (χ4n) is 3.87. The van der Waals surface area contributed by atoms with Gasteiger partial charge < -0.3 is 15.2 Å². The zero-order valence-corrected chi connectivity index (χ0v) is 13.3. The zero-order chi connectivity index (χ0) is 15.4. The summed E-state index contributed by atoms with van der Waals surface area (Å²) >= 11 is 0. The van der Waals surface area contributed by atoms with Gasteiger partial charge in [0.15, 0.2) is 0 Å². The van der Waals surface area contributed by atoms with Gasteiger partial charge in [0.1, 0.15) is 0 Å². The third-order valence-corrected chi connectivity index (χ3v) is 5.06. The Balaban J connectivity index is 1.68. The van der Waals surface area contributed by atoms with E-state index < -0.39 is 0 Å². The number of aliphatic hydroxyl groups is 1. The van der Waals surface area contributed by atoms with Crippen LogP contribution in [0.4, 0.5) is 0 Å². The maximum atomic E-state index is 9.78. The molecule has 0 radical (unpaired) electrons. The summed E-state index contributed by atoms with van der Waals surface area (Å²) in [4.78, 5) is 0. The van der Waals surface area contributed by atoms with Crippen molar-refractivity contribution in [3.05, 3.63) is 48.0 Å². The van der Waals surface area contributed by atoms with Crippen LogP contribution in [0.25, 0.3) is 0 Å². The van der Waals surface area contributed by atoms with Crippen molar-refractivity contribution in [1.82, 2.24) is 5.32 Å². The van der Waals surface area contributed by atoms with Crippen molar-refractivity contribution in [2.24, 2.45) is 11.8 Å². The quantitative estimate of drug-likeness (QED) is 0.726. The topological polar surface area (TPSA) is 41.5 Å². The van der Waals surface area contributed by atoms with Gasteiger partial charge in [-0.05, 0) is 12.0 Å². The molecule has 2 aliphatic rings. The monoisotopic (exact) mass is 301 g/mol. The molecular formula is C19H27NO2. The van der Waals surface area contributed by atoms with Crippen molar-refractivity contribution >= 4 is 0 Å². The van der Waals surface area contributed by atoms with E-state index in [1.165, 1.54) is 18.4 Å². The van der Waals surface area contributed by atoms with Crippen molar-refractivity contribution < 1.29 is 9.84 Å². The first-order chi connectivity index (χ1) is 10.8. The predicted octanol–water partition coefficient (Wildman–Crippen LogP) is 2.90. The van der Waals surface area contributed by atoms with Gasteiger partial charge in [-0.25, -0.2) is 0 Å². The van der Waals surface area contributed by atoms with E-state index in [-0.39, 0.29) is 24.7 Å². The Bertz CT molecular complexity index is 487. The van der Waals surface area contributed by atoms with E-state index in [2.05, 4.69) is 54.7 Å². The molecule has 2 heterocycles. The highest BCUT2D eigenvalue weighted by Gasteiger charge is 2.48. The Kier molecular flexibility index (Phi) is 5.29. The second kappa shape index (κ2) is 7.40. The normalized spacial score (nSPS) is 30.8. The summed E-state index contributed by atoms with van der Waals surface area (Å²) in [7, 11) is 0. The first-order valence-electron chi connectivity index (χ1n) is 8.55. The van der Waals surface area contributed by atoms with Gasteiger partial charge in [0.05, 0.1) is 12.2 Å². The number of nitrogens with one attached hydrogen (secondary N) is 1. The van der Waals surface area contributed by atoms with Crippen molar-refractivity contribution in [3.63, 3.8) is 0 Å². The van der Waals surface area contributed by atoms with Gasteiger partial charge in [-0.1, -0.05) is 62.2 Å². The number of aliphatic hydroxyl groups excluding tert-OH is 1. The average molecular weight is 301 g/mol. The van der Waals surface area contributed by atoms with Crippen LogP contribution in [0.3, 0.4) is 0 Å². The van der Waals surface area contributed by atoms with E-state index in [1.807, 2.05) is 0 Å². The molecule has 1 saturated heterocycles. The van der Waals surface area contributed by atoms with Gasteiger partial charge >= 0.3 is 0 Å². The minimum atomic E-state index is 0.114. The molecule has 1 aromatic carbocycles. The molecule has 3 rings (SSSR count). The van der Waals surface area contributed by atoms with Gasteiger partial charge in [-0.3, -0.25) is 0 Å². The van der Waals surface area contributed by atoms with Crippen molar-refractivity contribution in [3.8, 4) is 0 Å². The van der Waals surface area contributed by atoms with Crippen LogP contribution in [0.15, 0.2) is 42.5 Å². The fourth-order valence-corrected chi connectivity index (χ4v) is 3.87. The van der Waals surface area contributed by atoms with Crippen LogP contribution in [0.2, 0.25) is 0 Å². The van der Waals surface area contributed by atoms with Crippen LogP contribution in [-0.2, 0) is 11.3 Å². The van der Waals surface area contributed by atoms with Crippen LogP contribution in [0.1, 0.15) is 31.7 Å². The summed E-state index contributed by atoms with van der Waals surface area (Å²) in [6, 6.07) is 10.9. The highest BCUT2D eigenvalue weighted by molar-refractivity contribution is 5.18. The fraction of sp³-hybridized carbons (Fsp3) is 0.579. The molecule has 0 saturated carbocycles. The maximum Gasteiger partial charge on any atom is 0.0819 e. The van der Waals surface area contributed by atoms with E-state index in [9.17, 15) is 5.11 Å². The second-order valence-electron chi connectivity index (χ2n) is 6.49. The summed E-state index contributed by atoms with van der Waals surface area (Å²) in [5.74, 6) is 0.621. The first kappa shape index (κ1) is 15.7. The molecule has 1 aromatic rings. The standard InChI is InChI=1S/C19H27NO2/c1-2-3-9-16(20-12-14-7-5-4-6-8-14)19-15(13-21)17-10-11-18(19)22-17/h4-8,10-11,15-21H,2-3,9,12-13H2,1H3/t15-,16-,17-,18+,19+/m0/s1. The average Bonchev–Trinajstić information content (AvgIpc) is 3.17. The summed E-state index contributed by atoms with van der Waals surface area (Å²) in [6.07, 6.45) is 8.15. The molecule has 0 amide bonds. The van der Waals surface area contributed by atoms with Crippen LogP contribution >= 0.6 is 0 Å². The molecular weight excluding hydrogens is 274 g/mol. The molecule has 0 aliphatic carbocycles. The highest BCUT2D eigenvalue weighted by Crippen LogP contribution is 2.41. The molecule has 0 unspecified atom stereocenters. The lowest BCUT2D eigenvalue weighted by Gasteiger charge is -2.32. The number of benzene rings is 1.